The normalized spacial score (nSPS) is 17.5. The van der Waals surface area contributed by atoms with E-state index in [1.807, 2.05) is 25.7 Å². The predicted octanol–water partition coefficient (Wildman–Crippen LogP) is 2.75. The molecule has 1 aromatic heterocycles. The average molecular weight is 420 g/mol. The maximum atomic E-state index is 12.7. The number of sulfonamides is 1. The Balaban J connectivity index is 1.52. The lowest BCUT2D eigenvalue weighted by molar-refractivity contribution is -0.132. The van der Waals surface area contributed by atoms with E-state index in [-0.39, 0.29) is 16.7 Å². The molecule has 0 radical (unpaired) electrons. The summed E-state index contributed by atoms with van der Waals surface area (Å²) in [6, 6.07) is 6.80. The van der Waals surface area contributed by atoms with Crippen molar-refractivity contribution in [3.8, 4) is 0 Å². The van der Waals surface area contributed by atoms with Crippen LogP contribution in [0.25, 0.3) is 0 Å². The first-order valence-corrected chi connectivity index (χ1v) is 11.5. The third-order valence-corrected chi connectivity index (χ3v) is 6.97. The van der Waals surface area contributed by atoms with E-state index in [4.69, 9.17) is 4.52 Å². The van der Waals surface area contributed by atoms with Gasteiger partial charge in [-0.05, 0) is 58.1 Å². The highest BCUT2D eigenvalue weighted by Crippen LogP contribution is 2.20. The summed E-state index contributed by atoms with van der Waals surface area (Å²) in [5, 5.41) is 3.93. The molecule has 2 heterocycles. The van der Waals surface area contributed by atoms with Gasteiger partial charge in [-0.2, -0.15) is 0 Å². The minimum Gasteiger partial charge on any atom is -0.361 e. The molecule has 1 amide bonds. The molecule has 7 nitrogen and oxygen atoms in total. The van der Waals surface area contributed by atoms with Crippen LogP contribution in [0.4, 0.5) is 0 Å². The van der Waals surface area contributed by atoms with Crippen LogP contribution in [-0.2, 0) is 21.2 Å². The maximum Gasteiger partial charge on any atom is 0.240 e. The van der Waals surface area contributed by atoms with Gasteiger partial charge in [0, 0.05) is 31.6 Å². The van der Waals surface area contributed by atoms with Gasteiger partial charge in [0.1, 0.15) is 5.76 Å². The molecule has 1 aliphatic rings. The fraction of sp³-hybridized carbons (Fsp3) is 0.524. The third-order valence-electron chi connectivity index (χ3n) is 5.54. The van der Waals surface area contributed by atoms with Gasteiger partial charge >= 0.3 is 0 Å². The van der Waals surface area contributed by atoms with Crippen molar-refractivity contribution >= 4 is 15.9 Å². The van der Waals surface area contributed by atoms with Crippen LogP contribution in [0, 0.1) is 26.7 Å². The number of aryl methyl sites for hydroxylation is 3. The van der Waals surface area contributed by atoms with Gasteiger partial charge in [-0.15, -0.1) is 0 Å². The van der Waals surface area contributed by atoms with E-state index < -0.39 is 10.0 Å². The quantitative estimate of drug-likeness (QED) is 0.745. The van der Waals surface area contributed by atoms with E-state index in [2.05, 4.69) is 9.88 Å². The van der Waals surface area contributed by atoms with Crippen molar-refractivity contribution in [1.29, 1.82) is 0 Å². The number of amides is 1. The zero-order chi connectivity index (χ0) is 21.0. The highest BCUT2D eigenvalue weighted by Gasteiger charge is 2.25. The van der Waals surface area contributed by atoms with Crippen molar-refractivity contribution in [3.63, 3.8) is 0 Å². The van der Waals surface area contributed by atoms with Crippen LogP contribution in [0.2, 0.25) is 0 Å². The van der Waals surface area contributed by atoms with E-state index >= 15 is 0 Å². The molecule has 158 valence electrons. The number of carbonyl (C=O) groups is 1. The van der Waals surface area contributed by atoms with E-state index in [1.54, 1.807) is 24.3 Å². The highest BCUT2D eigenvalue weighted by molar-refractivity contribution is 7.89. The molecule has 29 heavy (non-hydrogen) atoms. The molecule has 8 heteroatoms. The smallest absolute Gasteiger partial charge is 0.240 e. The number of benzene rings is 1. The summed E-state index contributed by atoms with van der Waals surface area (Å²) < 4.78 is 32.8. The number of hydrogen-bond donors (Lipinski definition) is 1. The van der Waals surface area contributed by atoms with Crippen LogP contribution in [0.5, 0.6) is 0 Å². The fourth-order valence-corrected chi connectivity index (χ4v) is 4.85. The lowest BCUT2D eigenvalue weighted by Crippen LogP contribution is -2.43. The molecule has 1 N–H and O–H groups in total. The molecular formula is C21H29N3O4S. The Bertz CT molecular complexity index is 931. The molecule has 1 aromatic carbocycles. The second kappa shape index (κ2) is 9.09. The van der Waals surface area contributed by atoms with Gasteiger partial charge in [0.05, 0.1) is 10.6 Å². The minimum atomic E-state index is -3.53. The number of piperidine rings is 1. The standard InChI is InChI=1S/C21H29N3O4S/c1-15-6-8-19(9-7-15)29(26,27)22-13-18-5-4-12-24(14-18)21(25)11-10-20-16(2)23-28-17(20)3/h6-9,18,22H,4-5,10-14H2,1-3H3. The average Bonchev–Trinajstić information content (AvgIpc) is 3.03. The highest BCUT2D eigenvalue weighted by atomic mass is 32.2. The van der Waals surface area contributed by atoms with Crippen molar-refractivity contribution < 1.29 is 17.7 Å². The molecule has 0 spiro atoms. The van der Waals surface area contributed by atoms with Crippen LogP contribution in [0.3, 0.4) is 0 Å². The SMILES string of the molecule is Cc1ccc(S(=O)(=O)NCC2CCCN(C(=O)CCc3c(C)noc3C)C2)cc1. The van der Waals surface area contributed by atoms with Gasteiger partial charge in [-0.1, -0.05) is 22.9 Å². The largest absolute Gasteiger partial charge is 0.361 e. The van der Waals surface area contributed by atoms with Crippen molar-refractivity contribution in [1.82, 2.24) is 14.8 Å². The van der Waals surface area contributed by atoms with Gasteiger partial charge in [-0.3, -0.25) is 4.79 Å². The van der Waals surface area contributed by atoms with Gasteiger partial charge < -0.3 is 9.42 Å². The monoisotopic (exact) mass is 419 g/mol. The molecule has 0 saturated carbocycles. The second-order valence-corrected chi connectivity index (χ2v) is 9.58. The van der Waals surface area contributed by atoms with E-state index in [0.717, 1.165) is 42.0 Å². The molecule has 1 saturated heterocycles. The Kier molecular flexibility index (Phi) is 6.74. The van der Waals surface area contributed by atoms with Crippen molar-refractivity contribution in [2.75, 3.05) is 19.6 Å². The second-order valence-electron chi connectivity index (χ2n) is 7.82. The molecule has 0 aliphatic carbocycles. The number of likely N-dealkylation sites (tertiary alicyclic amines) is 1. The molecule has 3 rings (SSSR count). The molecule has 1 fully saturated rings. The van der Waals surface area contributed by atoms with Crippen molar-refractivity contribution in [2.45, 2.75) is 51.3 Å². The Labute approximate surface area is 172 Å². The summed E-state index contributed by atoms with van der Waals surface area (Å²) in [7, 11) is -3.53. The number of nitrogens with one attached hydrogen (secondary N) is 1. The first-order chi connectivity index (χ1) is 13.8. The summed E-state index contributed by atoms with van der Waals surface area (Å²) in [6.45, 7) is 7.30. The van der Waals surface area contributed by atoms with Gasteiger partial charge in [0.25, 0.3) is 0 Å². The summed E-state index contributed by atoms with van der Waals surface area (Å²) in [6.07, 6.45) is 2.81. The molecule has 1 aliphatic heterocycles. The fourth-order valence-electron chi connectivity index (χ4n) is 3.74. The van der Waals surface area contributed by atoms with Gasteiger partial charge in [-0.25, -0.2) is 13.1 Å². The van der Waals surface area contributed by atoms with Crippen LogP contribution >= 0.6 is 0 Å². The lowest BCUT2D eigenvalue weighted by Gasteiger charge is -2.33. The molecular weight excluding hydrogens is 390 g/mol. The van der Waals surface area contributed by atoms with Crippen LogP contribution in [-0.4, -0.2) is 44.0 Å². The minimum absolute atomic E-state index is 0.0936. The Hall–Kier alpha value is -2.19. The lowest BCUT2D eigenvalue weighted by atomic mass is 9.97. The Morgan fingerprint density at radius 1 is 1.24 bits per heavy atom. The summed E-state index contributed by atoms with van der Waals surface area (Å²) in [5.74, 6) is 0.973. The zero-order valence-corrected chi connectivity index (χ0v) is 18.1. The van der Waals surface area contributed by atoms with Crippen LogP contribution < -0.4 is 4.72 Å². The number of rotatable bonds is 7. The Morgan fingerprint density at radius 2 is 1.97 bits per heavy atom. The summed E-state index contributed by atoms with van der Waals surface area (Å²) >= 11 is 0. The zero-order valence-electron chi connectivity index (χ0n) is 17.3. The topological polar surface area (TPSA) is 92.5 Å². The molecule has 1 atom stereocenters. The van der Waals surface area contributed by atoms with E-state index in [1.165, 1.54) is 0 Å². The van der Waals surface area contributed by atoms with Crippen molar-refractivity contribution in [2.24, 2.45) is 5.92 Å². The maximum absolute atomic E-state index is 12.7. The Morgan fingerprint density at radius 3 is 2.62 bits per heavy atom. The predicted molar refractivity (Wildman–Crippen MR) is 110 cm³/mol. The molecule has 0 bridgehead atoms. The first-order valence-electron chi connectivity index (χ1n) is 10.0. The number of aromatic nitrogens is 1. The van der Waals surface area contributed by atoms with Crippen LogP contribution in [0.15, 0.2) is 33.7 Å². The van der Waals surface area contributed by atoms with Gasteiger partial charge in [0.15, 0.2) is 0 Å². The summed E-state index contributed by atoms with van der Waals surface area (Å²) in [5.41, 5.74) is 2.84. The summed E-state index contributed by atoms with van der Waals surface area (Å²) in [4.78, 5) is 14.8. The number of carbonyl (C=O) groups excluding carboxylic acids is 1. The molecule has 2 aromatic rings. The van der Waals surface area contributed by atoms with E-state index in [9.17, 15) is 13.2 Å². The third kappa shape index (κ3) is 5.45. The van der Waals surface area contributed by atoms with E-state index in [0.29, 0.717) is 25.9 Å². The first kappa shape index (κ1) is 21.5. The van der Waals surface area contributed by atoms with Crippen molar-refractivity contribution in [3.05, 3.63) is 46.8 Å². The molecule has 1 unspecified atom stereocenters. The van der Waals surface area contributed by atoms with Gasteiger partial charge in [0.2, 0.25) is 15.9 Å². The number of hydrogen-bond acceptors (Lipinski definition) is 5. The number of nitrogens with zero attached hydrogens (tertiary/aromatic N) is 2. The van der Waals surface area contributed by atoms with Crippen LogP contribution in [0.1, 0.15) is 41.8 Å².